The van der Waals surface area contributed by atoms with E-state index in [1.165, 1.54) is 0 Å². The van der Waals surface area contributed by atoms with Crippen molar-refractivity contribution in [2.24, 2.45) is 0 Å². The van der Waals surface area contributed by atoms with Gasteiger partial charge < -0.3 is 15.4 Å². The van der Waals surface area contributed by atoms with Crippen molar-refractivity contribution in [3.8, 4) is 5.88 Å². The minimum absolute atomic E-state index is 0.00642. The molecule has 0 spiro atoms. The number of aromatic amines is 1. The number of halogens is 2. The van der Waals surface area contributed by atoms with Crippen LogP contribution in [0.5, 0.6) is 5.88 Å². The molecule has 0 unspecified atom stereocenters. The molecule has 0 saturated carbocycles. The highest BCUT2D eigenvalue weighted by Gasteiger charge is 2.19. The molecule has 0 saturated heterocycles. The van der Waals surface area contributed by atoms with Crippen molar-refractivity contribution in [1.29, 1.82) is 0 Å². The van der Waals surface area contributed by atoms with Crippen LogP contribution in [0.3, 0.4) is 0 Å². The second-order valence-corrected chi connectivity index (χ2v) is 7.52. The average molecular weight is 478 g/mol. The van der Waals surface area contributed by atoms with Crippen molar-refractivity contribution in [1.82, 2.24) is 15.5 Å². The molecule has 29 heavy (non-hydrogen) atoms. The molecular formula is C20H18BrClN4O3. The number of H-pyrrole nitrogens is 1. The maximum Gasteiger partial charge on any atom is 0.414 e. The summed E-state index contributed by atoms with van der Waals surface area (Å²) in [4.78, 5) is 24.6. The van der Waals surface area contributed by atoms with Gasteiger partial charge in [-0.15, -0.1) is 5.10 Å². The number of carbonyl (C=O) groups is 2. The second-order valence-electron chi connectivity index (χ2n) is 6.32. The van der Waals surface area contributed by atoms with Crippen molar-refractivity contribution in [2.45, 2.75) is 19.9 Å². The number of rotatable bonds is 5. The second kappa shape index (κ2) is 9.11. The van der Waals surface area contributed by atoms with Crippen LogP contribution in [0, 0.1) is 6.92 Å². The maximum absolute atomic E-state index is 12.4. The van der Waals surface area contributed by atoms with Gasteiger partial charge in [0.05, 0.1) is 16.6 Å². The van der Waals surface area contributed by atoms with Crippen molar-refractivity contribution in [3.63, 3.8) is 0 Å². The van der Waals surface area contributed by atoms with Gasteiger partial charge in [0.2, 0.25) is 0 Å². The summed E-state index contributed by atoms with van der Waals surface area (Å²) in [5.74, 6) is -0.193. The topological polar surface area (TPSA) is 96.1 Å². The molecule has 150 valence electrons. The Kier molecular flexibility index (Phi) is 6.56. The summed E-state index contributed by atoms with van der Waals surface area (Å²) in [6.45, 7) is 3.84. The average Bonchev–Trinajstić information content (AvgIpc) is 3.02. The lowest BCUT2D eigenvalue weighted by molar-refractivity contribution is 0.102. The normalized spacial score (nSPS) is 11.6. The molecule has 2 amide bonds. The van der Waals surface area contributed by atoms with E-state index in [0.717, 1.165) is 11.1 Å². The zero-order valence-electron chi connectivity index (χ0n) is 15.6. The monoisotopic (exact) mass is 476 g/mol. The van der Waals surface area contributed by atoms with Crippen LogP contribution in [0.25, 0.3) is 0 Å². The maximum atomic E-state index is 12.4. The lowest BCUT2D eigenvalue weighted by atomic mass is 10.1. The highest BCUT2D eigenvalue weighted by Crippen LogP contribution is 2.30. The van der Waals surface area contributed by atoms with E-state index in [1.54, 1.807) is 24.3 Å². The predicted molar refractivity (Wildman–Crippen MR) is 114 cm³/mol. The molecule has 7 nitrogen and oxygen atoms in total. The molecule has 0 aliphatic carbocycles. The Labute approximate surface area is 180 Å². The summed E-state index contributed by atoms with van der Waals surface area (Å²) in [5.41, 5.74) is 2.39. The fourth-order valence-electron chi connectivity index (χ4n) is 2.52. The van der Waals surface area contributed by atoms with E-state index in [1.807, 2.05) is 38.1 Å². The third-order valence-electron chi connectivity index (χ3n) is 4.13. The van der Waals surface area contributed by atoms with Gasteiger partial charge in [-0.25, -0.2) is 4.79 Å². The van der Waals surface area contributed by atoms with Gasteiger partial charge >= 0.3 is 6.09 Å². The van der Waals surface area contributed by atoms with Crippen molar-refractivity contribution >= 4 is 45.3 Å². The zero-order chi connectivity index (χ0) is 21.0. The van der Waals surface area contributed by atoms with Gasteiger partial charge in [0.15, 0.2) is 0 Å². The first-order valence-corrected chi connectivity index (χ1v) is 9.87. The largest absolute Gasteiger partial charge is 0.414 e. The van der Waals surface area contributed by atoms with Gasteiger partial charge in [-0.2, -0.15) is 0 Å². The van der Waals surface area contributed by atoms with Crippen LogP contribution in [-0.4, -0.2) is 22.2 Å². The number of nitrogens with zero attached hydrogens (tertiary/aromatic N) is 1. The van der Waals surface area contributed by atoms with E-state index >= 15 is 0 Å². The number of ether oxygens (including phenoxy) is 1. The van der Waals surface area contributed by atoms with Gasteiger partial charge in [0.25, 0.3) is 11.8 Å². The summed E-state index contributed by atoms with van der Waals surface area (Å²) in [5, 5.41) is 12.2. The SMILES string of the molecule is Cc1ccc([C@@H](C)NC(=O)Oc2n[nH]c(NC(=O)c3ccccc3Cl)c2Br)cc1. The smallest absolute Gasteiger partial charge is 0.388 e. The van der Waals surface area contributed by atoms with Crippen LogP contribution in [0.15, 0.2) is 53.0 Å². The fourth-order valence-corrected chi connectivity index (χ4v) is 3.10. The van der Waals surface area contributed by atoms with Crippen LogP contribution in [0.4, 0.5) is 10.6 Å². The molecule has 0 bridgehead atoms. The van der Waals surface area contributed by atoms with Crippen LogP contribution in [0.2, 0.25) is 5.02 Å². The molecule has 1 atom stereocenters. The summed E-state index contributed by atoms with van der Waals surface area (Å²) < 4.78 is 5.54. The Hall–Kier alpha value is -2.84. The number of hydrogen-bond acceptors (Lipinski definition) is 4. The van der Waals surface area contributed by atoms with E-state index in [9.17, 15) is 9.59 Å². The van der Waals surface area contributed by atoms with Gasteiger partial charge in [0.1, 0.15) is 10.3 Å². The molecule has 1 heterocycles. The molecule has 3 rings (SSSR count). The number of aryl methyl sites for hydroxylation is 1. The Morgan fingerprint density at radius 1 is 1.17 bits per heavy atom. The summed E-state index contributed by atoms with van der Waals surface area (Å²) in [6, 6.07) is 14.2. The van der Waals surface area contributed by atoms with E-state index < -0.39 is 12.0 Å². The van der Waals surface area contributed by atoms with Crippen LogP contribution >= 0.6 is 27.5 Å². The quantitative estimate of drug-likeness (QED) is 0.468. The first-order valence-electron chi connectivity index (χ1n) is 8.70. The lowest BCUT2D eigenvalue weighted by Crippen LogP contribution is -2.29. The molecule has 0 radical (unpaired) electrons. The summed E-state index contributed by atoms with van der Waals surface area (Å²) in [7, 11) is 0. The molecular weight excluding hydrogens is 460 g/mol. The number of aromatic nitrogens is 2. The third-order valence-corrected chi connectivity index (χ3v) is 5.20. The zero-order valence-corrected chi connectivity index (χ0v) is 18.0. The van der Waals surface area contributed by atoms with Gasteiger partial charge in [-0.05, 0) is 47.5 Å². The van der Waals surface area contributed by atoms with E-state index in [2.05, 4.69) is 36.8 Å². The Morgan fingerprint density at radius 2 is 1.86 bits per heavy atom. The molecule has 9 heteroatoms. The summed E-state index contributed by atoms with van der Waals surface area (Å²) >= 11 is 9.30. The van der Waals surface area contributed by atoms with Crippen molar-refractivity contribution in [2.75, 3.05) is 5.32 Å². The fraction of sp³-hybridized carbons (Fsp3) is 0.150. The molecule has 0 fully saturated rings. The molecule has 3 aromatic rings. The van der Waals surface area contributed by atoms with E-state index in [4.69, 9.17) is 16.3 Å². The number of nitrogens with one attached hydrogen (secondary N) is 3. The lowest BCUT2D eigenvalue weighted by Gasteiger charge is -2.13. The molecule has 0 aliphatic heterocycles. The number of benzene rings is 2. The number of carbonyl (C=O) groups excluding carboxylic acids is 2. The van der Waals surface area contributed by atoms with Crippen LogP contribution in [-0.2, 0) is 0 Å². The van der Waals surface area contributed by atoms with Gasteiger partial charge in [-0.1, -0.05) is 53.6 Å². The Balaban J connectivity index is 1.63. The molecule has 2 aromatic carbocycles. The first-order chi connectivity index (χ1) is 13.8. The predicted octanol–water partition coefficient (Wildman–Crippen LogP) is 5.24. The first kappa shape index (κ1) is 20.9. The number of hydrogen-bond donors (Lipinski definition) is 3. The summed E-state index contributed by atoms with van der Waals surface area (Å²) in [6.07, 6.45) is -0.672. The van der Waals surface area contributed by atoms with E-state index in [0.29, 0.717) is 15.1 Å². The Morgan fingerprint density at radius 3 is 2.55 bits per heavy atom. The molecule has 0 aliphatic rings. The van der Waals surface area contributed by atoms with Crippen LogP contribution < -0.4 is 15.4 Å². The minimum Gasteiger partial charge on any atom is -0.388 e. The minimum atomic E-state index is -0.672. The van der Waals surface area contributed by atoms with Gasteiger partial charge in [0, 0.05) is 0 Å². The Bertz CT molecular complexity index is 1040. The number of amides is 2. The highest BCUT2D eigenvalue weighted by atomic mass is 79.9. The standard InChI is InChI=1S/C20H18BrClN4O3/c1-11-7-9-13(10-8-11)12(2)23-20(28)29-19-16(21)17(25-26-19)24-18(27)14-5-3-4-6-15(14)22/h3-10,12H,1-2H3,(H,23,28)(H2,24,25,26,27)/t12-/m1/s1. The molecule has 3 N–H and O–H groups in total. The van der Waals surface area contributed by atoms with Crippen LogP contribution in [0.1, 0.15) is 34.5 Å². The number of anilines is 1. The van der Waals surface area contributed by atoms with Gasteiger partial charge in [-0.3, -0.25) is 9.89 Å². The van der Waals surface area contributed by atoms with E-state index in [-0.39, 0.29) is 17.7 Å². The van der Waals surface area contributed by atoms with Crippen molar-refractivity contribution < 1.29 is 14.3 Å². The third kappa shape index (κ3) is 5.16. The van der Waals surface area contributed by atoms with Crippen molar-refractivity contribution in [3.05, 3.63) is 74.7 Å². The molecule has 1 aromatic heterocycles. The highest BCUT2D eigenvalue weighted by molar-refractivity contribution is 9.10.